The first-order valence-electron chi connectivity index (χ1n) is 17.7. The van der Waals surface area contributed by atoms with Gasteiger partial charge in [-0.25, -0.2) is 27.0 Å². The number of hydrogen-bond donors (Lipinski definition) is 1. The maximum Gasteiger partial charge on any atom is 0.408 e. The largest absolute Gasteiger partial charge is 0.450 e. The summed E-state index contributed by atoms with van der Waals surface area (Å²) in [4.78, 5) is 32.8. The van der Waals surface area contributed by atoms with Crippen molar-refractivity contribution in [2.24, 2.45) is 0 Å². The summed E-state index contributed by atoms with van der Waals surface area (Å²) in [6, 6.07) is 13.3. The van der Waals surface area contributed by atoms with E-state index in [1.807, 2.05) is 0 Å². The number of sulfone groups is 1. The molecule has 0 spiro atoms. The van der Waals surface area contributed by atoms with Crippen LogP contribution in [0.4, 0.5) is 13.6 Å². The van der Waals surface area contributed by atoms with E-state index >= 15 is 8.78 Å². The van der Waals surface area contributed by atoms with Crippen LogP contribution < -0.4 is 10.1 Å². The van der Waals surface area contributed by atoms with E-state index in [1.54, 1.807) is 67.9 Å². The Morgan fingerprint density at radius 1 is 1.02 bits per heavy atom. The summed E-state index contributed by atoms with van der Waals surface area (Å²) >= 11 is 0. The van der Waals surface area contributed by atoms with E-state index in [1.165, 1.54) is 17.2 Å². The van der Waals surface area contributed by atoms with Crippen LogP contribution in [0.25, 0.3) is 11.0 Å². The first kappa shape index (κ1) is 39.9. The average Bonchev–Trinajstić information content (AvgIpc) is 3.50. The van der Waals surface area contributed by atoms with Crippen LogP contribution >= 0.6 is 0 Å². The minimum absolute atomic E-state index is 0.0878. The highest BCUT2D eigenvalue weighted by molar-refractivity contribution is 7.92. The monoisotopic (exact) mass is 770 g/mol. The normalized spacial score (nSPS) is 15.0. The molecular formula is C38H48F2N4O7SSi. The highest BCUT2D eigenvalue weighted by atomic mass is 32.2. The van der Waals surface area contributed by atoms with Crippen LogP contribution in [-0.4, -0.2) is 79.5 Å². The van der Waals surface area contributed by atoms with Crippen molar-refractivity contribution in [3.05, 3.63) is 84.2 Å². The van der Waals surface area contributed by atoms with E-state index in [0.29, 0.717) is 17.6 Å². The molecule has 4 aromatic rings. The second-order valence-electron chi connectivity index (χ2n) is 15.5. The van der Waals surface area contributed by atoms with Crippen molar-refractivity contribution in [3.8, 4) is 11.5 Å². The second kappa shape index (κ2) is 16.3. The van der Waals surface area contributed by atoms with Crippen molar-refractivity contribution in [3.63, 3.8) is 0 Å². The number of ether oxygens (including phenoxy) is 3. The van der Waals surface area contributed by atoms with Crippen molar-refractivity contribution in [2.75, 3.05) is 19.7 Å². The van der Waals surface area contributed by atoms with Crippen molar-refractivity contribution >= 4 is 40.9 Å². The Kier molecular flexibility index (Phi) is 12.3. The number of likely N-dealkylation sites (tertiary alicyclic amines) is 1. The summed E-state index contributed by atoms with van der Waals surface area (Å²) in [6.45, 7) is 12.9. The van der Waals surface area contributed by atoms with Crippen molar-refractivity contribution in [2.45, 2.75) is 94.2 Å². The van der Waals surface area contributed by atoms with Gasteiger partial charge in [-0.3, -0.25) is 4.79 Å². The highest BCUT2D eigenvalue weighted by Crippen LogP contribution is 2.34. The number of piperidine rings is 1. The molecule has 5 rings (SSSR count). The molecule has 2 amide bonds. The molecule has 0 aliphatic carbocycles. The molecule has 0 saturated carbocycles. The van der Waals surface area contributed by atoms with Crippen molar-refractivity contribution in [1.29, 1.82) is 0 Å². The number of pyridine rings is 1. The third-order valence-electron chi connectivity index (χ3n) is 8.81. The van der Waals surface area contributed by atoms with E-state index in [2.05, 4.69) is 29.9 Å². The van der Waals surface area contributed by atoms with E-state index in [0.717, 1.165) is 18.2 Å². The summed E-state index contributed by atoms with van der Waals surface area (Å²) in [7, 11) is -4.87. The lowest BCUT2D eigenvalue weighted by molar-refractivity contribution is -0.134. The van der Waals surface area contributed by atoms with Gasteiger partial charge in [-0.05, 0) is 81.6 Å². The van der Waals surface area contributed by atoms with Crippen LogP contribution in [-0.2, 0) is 37.3 Å². The molecule has 0 radical (unpaired) electrons. The summed E-state index contributed by atoms with van der Waals surface area (Å²) in [6.07, 6.45) is 2.49. The van der Waals surface area contributed by atoms with Gasteiger partial charge in [0.05, 0.1) is 15.5 Å². The first-order valence-corrected chi connectivity index (χ1v) is 22.9. The molecule has 1 saturated heterocycles. The number of aromatic nitrogens is 2. The Bertz CT molecular complexity index is 2000. The molecule has 11 nitrogen and oxygen atoms in total. The van der Waals surface area contributed by atoms with Gasteiger partial charge in [0.2, 0.25) is 5.91 Å². The van der Waals surface area contributed by atoms with Crippen molar-refractivity contribution in [1.82, 2.24) is 19.8 Å². The Balaban J connectivity index is 1.31. The van der Waals surface area contributed by atoms with Crippen LogP contribution in [0.5, 0.6) is 11.5 Å². The molecule has 53 heavy (non-hydrogen) atoms. The highest BCUT2D eigenvalue weighted by Gasteiger charge is 2.36. The Labute approximate surface area is 310 Å². The lowest BCUT2D eigenvalue weighted by atomic mass is 10.0. The molecule has 15 heteroatoms. The van der Waals surface area contributed by atoms with Gasteiger partial charge in [0.15, 0.2) is 27.2 Å². The predicted molar refractivity (Wildman–Crippen MR) is 200 cm³/mol. The van der Waals surface area contributed by atoms with Crippen LogP contribution in [0.15, 0.2) is 71.9 Å². The number of amides is 2. The summed E-state index contributed by atoms with van der Waals surface area (Å²) in [5.41, 5.74) is -0.256. The molecule has 2 aromatic carbocycles. The van der Waals surface area contributed by atoms with Crippen LogP contribution in [0.2, 0.25) is 25.7 Å². The molecule has 1 fully saturated rings. The molecule has 286 valence electrons. The number of nitrogens with one attached hydrogen (secondary N) is 1. The van der Waals surface area contributed by atoms with Gasteiger partial charge < -0.3 is 29.0 Å². The van der Waals surface area contributed by atoms with Gasteiger partial charge in [0.1, 0.15) is 29.8 Å². The van der Waals surface area contributed by atoms with E-state index in [9.17, 15) is 18.0 Å². The zero-order valence-electron chi connectivity index (χ0n) is 31.0. The Hall–Kier alpha value is -4.34. The lowest BCUT2D eigenvalue weighted by Crippen LogP contribution is -2.53. The Morgan fingerprint density at radius 2 is 1.68 bits per heavy atom. The fourth-order valence-corrected chi connectivity index (χ4v) is 8.54. The number of alkyl carbamates (subject to hydrolysis) is 1. The quantitative estimate of drug-likeness (QED) is 0.111. The molecular weight excluding hydrogens is 723 g/mol. The first-order chi connectivity index (χ1) is 24.9. The maximum absolute atomic E-state index is 15.6. The van der Waals surface area contributed by atoms with E-state index in [4.69, 9.17) is 14.2 Å². The van der Waals surface area contributed by atoms with Crippen LogP contribution in [0.1, 0.15) is 39.2 Å². The SMILES string of the molecule is CC(C)(C)OC(=O)NC(Cc1cc(F)c(Oc2ccnc3c2ccn3COCC[Si](C)(C)C)c(F)c1)C(=O)N1CCC(S(=O)(=O)c2ccccc2)CC1. The van der Waals surface area contributed by atoms with Crippen LogP contribution in [0.3, 0.4) is 0 Å². The molecule has 3 heterocycles. The van der Waals surface area contributed by atoms with E-state index < -0.39 is 64.2 Å². The number of carbonyl (C=O) groups excluding carboxylic acids is 2. The molecule has 1 unspecified atom stereocenters. The zero-order chi connectivity index (χ0) is 38.6. The summed E-state index contributed by atoms with van der Waals surface area (Å²) < 4.78 is 76.4. The molecule has 2 aromatic heterocycles. The predicted octanol–water partition coefficient (Wildman–Crippen LogP) is 7.32. The van der Waals surface area contributed by atoms with Gasteiger partial charge >= 0.3 is 6.09 Å². The Morgan fingerprint density at radius 3 is 2.30 bits per heavy atom. The molecule has 1 N–H and O–H groups in total. The number of hydrogen-bond acceptors (Lipinski definition) is 8. The topological polar surface area (TPSA) is 129 Å². The van der Waals surface area contributed by atoms with Gasteiger partial charge in [-0.15, -0.1) is 0 Å². The smallest absolute Gasteiger partial charge is 0.408 e. The number of carbonyl (C=O) groups is 2. The summed E-state index contributed by atoms with van der Waals surface area (Å²) in [5, 5.41) is 2.42. The maximum atomic E-state index is 15.6. The third-order valence-corrected chi connectivity index (χ3v) is 12.8. The van der Waals surface area contributed by atoms with Gasteiger partial charge in [0.25, 0.3) is 0 Å². The molecule has 1 aliphatic heterocycles. The van der Waals surface area contributed by atoms with Gasteiger partial charge in [-0.1, -0.05) is 37.8 Å². The molecule has 1 aliphatic rings. The fraction of sp³-hybridized carbons (Fsp3) is 0.447. The second-order valence-corrected chi connectivity index (χ2v) is 23.3. The third kappa shape index (κ3) is 10.4. The fourth-order valence-electron chi connectivity index (χ4n) is 6.03. The zero-order valence-corrected chi connectivity index (χ0v) is 32.8. The van der Waals surface area contributed by atoms with Crippen molar-refractivity contribution < 1.29 is 41.0 Å². The van der Waals surface area contributed by atoms with Gasteiger partial charge in [0, 0.05) is 46.6 Å². The molecule has 0 bridgehead atoms. The average molecular weight is 771 g/mol. The van der Waals surface area contributed by atoms with E-state index in [-0.39, 0.29) is 55.3 Å². The number of nitrogens with zero attached hydrogens (tertiary/aromatic N) is 3. The number of benzene rings is 2. The number of fused-ring (bicyclic) bond motifs is 1. The standard InChI is InChI=1S/C38H48F2N4O7SSi/c1-38(2,3)51-37(46)42-32(36(45)43-17-13-28(14-18-43)52(47,48)27-10-8-7-9-11-27)24-26-22-30(39)34(31(40)23-26)50-33-12-16-41-35-29(33)15-19-44(35)25-49-20-21-53(4,5)6/h7-12,15-16,19,22-23,28,32H,13-14,17-18,20-21,24-25H2,1-6H3,(H,42,46). The van der Waals surface area contributed by atoms with Crippen LogP contribution in [0, 0.1) is 11.6 Å². The lowest BCUT2D eigenvalue weighted by Gasteiger charge is -2.34. The number of halogens is 2. The van der Waals surface area contributed by atoms with Gasteiger partial charge in [-0.2, -0.15) is 0 Å². The minimum atomic E-state index is -3.61. The minimum Gasteiger partial charge on any atom is -0.450 e. The molecule has 1 atom stereocenters. The summed E-state index contributed by atoms with van der Waals surface area (Å²) in [5.74, 6) is -2.98. The number of rotatable bonds is 13.